The van der Waals surface area contributed by atoms with Crippen LogP contribution in [0.15, 0.2) is 29.4 Å². The van der Waals surface area contributed by atoms with Gasteiger partial charge < -0.3 is 16.8 Å². The van der Waals surface area contributed by atoms with Gasteiger partial charge in [0, 0.05) is 5.69 Å². The number of nitrogens with one attached hydrogen (secondary N) is 1. The highest BCUT2D eigenvalue weighted by atomic mass is 32.2. The second kappa shape index (κ2) is 6.82. The highest BCUT2D eigenvalue weighted by Gasteiger charge is 2.13. The fourth-order valence-corrected chi connectivity index (χ4v) is 2.48. The van der Waals surface area contributed by atoms with E-state index < -0.39 is 0 Å². The Balaban J connectivity index is 1.92. The van der Waals surface area contributed by atoms with Gasteiger partial charge in [-0.2, -0.15) is 15.0 Å². The van der Waals surface area contributed by atoms with Crippen LogP contribution in [0.1, 0.15) is 26.3 Å². The Morgan fingerprint density at radius 2 is 1.65 bits per heavy atom. The lowest BCUT2D eigenvalue weighted by Gasteiger charge is -2.19. The van der Waals surface area contributed by atoms with E-state index in [9.17, 15) is 4.79 Å². The normalized spacial score (nSPS) is 11.3. The first-order chi connectivity index (χ1) is 10.7. The number of nitrogens with zero attached hydrogens (tertiary/aromatic N) is 3. The van der Waals surface area contributed by atoms with Gasteiger partial charge in [0.1, 0.15) is 0 Å². The number of hydrogen-bond donors (Lipinski definition) is 3. The number of nitrogens with two attached hydrogens (primary N) is 2. The third-order valence-electron chi connectivity index (χ3n) is 3.02. The van der Waals surface area contributed by atoms with E-state index in [1.54, 1.807) is 0 Å². The second-order valence-electron chi connectivity index (χ2n) is 6.00. The lowest BCUT2D eigenvalue weighted by molar-refractivity contribution is -0.113. The van der Waals surface area contributed by atoms with Crippen molar-refractivity contribution in [1.82, 2.24) is 15.0 Å². The predicted octanol–water partition coefficient (Wildman–Crippen LogP) is 2.06. The van der Waals surface area contributed by atoms with Crippen molar-refractivity contribution in [1.29, 1.82) is 0 Å². The summed E-state index contributed by atoms with van der Waals surface area (Å²) in [5.74, 6) is 0.0802. The van der Waals surface area contributed by atoms with Crippen LogP contribution in [0.25, 0.3) is 0 Å². The molecule has 0 saturated heterocycles. The highest BCUT2D eigenvalue weighted by molar-refractivity contribution is 7.99. The van der Waals surface area contributed by atoms with E-state index >= 15 is 0 Å². The number of carbonyl (C=O) groups is 1. The summed E-state index contributed by atoms with van der Waals surface area (Å²) < 4.78 is 0. The SMILES string of the molecule is CC(C)(C)c1ccc(NC(=O)CSc2nc(N)nc(N)n2)cc1. The van der Waals surface area contributed by atoms with Gasteiger partial charge in [0.25, 0.3) is 0 Å². The van der Waals surface area contributed by atoms with Crippen molar-refractivity contribution < 1.29 is 4.79 Å². The molecule has 2 rings (SSSR count). The number of nitrogen functional groups attached to an aromatic ring is 2. The summed E-state index contributed by atoms with van der Waals surface area (Å²) >= 11 is 1.15. The lowest BCUT2D eigenvalue weighted by Crippen LogP contribution is -2.15. The third kappa shape index (κ3) is 5.10. The summed E-state index contributed by atoms with van der Waals surface area (Å²) in [6.45, 7) is 6.43. The minimum Gasteiger partial charge on any atom is -0.368 e. The van der Waals surface area contributed by atoms with Gasteiger partial charge in [-0.1, -0.05) is 44.7 Å². The highest BCUT2D eigenvalue weighted by Crippen LogP contribution is 2.23. The monoisotopic (exact) mass is 332 g/mol. The predicted molar refractivity (Wildman–Crippen MR) is 93.1 cm³/mol. The summed E-state index contributed by atoms with van der Waals surface area (Å²) in [7, 11) is 0. The quantitative estimate of drug-likeness (QED) is 0.733. The molecule has 0 bridgehead atoms. The summed E-state index contributed by atoms with van der Waals surface area (Å²) in [5, 5.41) is 3.15. The molecule has 1 heterocycles. The van der Waals surface area contributed by atoms with E-state index in [1.807, 2.05) is 24.3 Å². The summed E-state index contributed by atoms with van der Waals surface area (Å²) in [5.41, 5.74) is 13.0. The summed E-state index contributed by atoms with van der Waals surface area (Å²) in [6.07, 6.45) is 0. The standard InChI is InChI=1S/C15H20N6OS/c1-15(2,3)9-4-6-10(7-5-9)18-11(22)8-23-14-20-12(16)19-13(17)21-14/h4-7H,8H2,1-3H3,(H,18,22)(H4,16,17,19,20,21). The van der Waals surface area contributed by atoms with E-state index in [0.29, 0.717) is 5.16 Å². The molecule has 23 heavy (non-hydrogen) atoms. The molecule has 0 radical (unpaired) electrons. The van der Waals surface area contributed by atoms with E-state index in [2.05, 4.69) is 41.0 Å². The van der Waals surface area contributed by atoms with Gasteiger partial charge >= 0.3 is 0 Å². The van der Waals surface area contributed by atoms with Crippen LogP contribution in [0.3, 0.4) is 0 Å². The van der Waals surface area contributed by atoms with Gasteiger partial charge in [-0.25, -0.2) is 0 Å². The molecule has 0 fully saturated rings. The minimum atomic E-state index is -0.156. The number of benzene rings is 1. The van der Waals surface area contributed by atoms with Crippen LogP contribution in [0.2, 0.25) is 0 Å². The maximum atomic E-state index is 12.0. The Bertz CT molecular complexity index is 676. The Labute approximate surface area is 139 Å². The van der Waals surface area contributed by atoms with Crippen LogP contribution >= 0.6 is 11.8 Å². The van der Waals surface area contributed by atoms with Gasteiger partial charge in [-0.05, 0) is 23.1 Å². The van der Waals surface area contributed by atoms with E-state index in [-0.39, 0.29) is 29.0 Å². The largest absolute Gasteiger partial charge is 0.368 e. The van der Waals surface area contributed by atoms with E-state index in [0.717, 1.165) is 17.4 Å². The van der Waals surface area contributed by atoms with Gasteiger partial charge in [-0.15, -0.1) is 0 Å². The number of anilines is 3. The van der Waals surface area contributed by atoms with Crippen LogP contribution in [0, 0.1) is 0 Å². The molecule has 0 unspecified atom stereocenters. The second-order valence-corrected chi connectivity index (χ2v) is 6.94. The number of thioether (sulfide) groups is 1. The first-order valence-corrected chi connectivity index (χ1v) is 8.03. The van der Waals surface area contributed by atoms with Crippen molar-refractivity contribution in [3.63, 3.8) is 0 Å². The number of amides is 1. The molecule has 0 atom stereocenters. The maximum absolute atomic E-state index is 12.0. The van der Waals surface area contributed by atoms with Crippen LogP contribution in [-0.4, -0.2) is 26.6 Å². The van der Waals surface area contributed by atoms with Crippen LogP contribution < -0.4 is 16.8 Å². The molecule has 1 aromatic carbocycles. The number of hydrogen-bond acceptors (Lipinski definition) is 7. The molecule has 0 aliphatic rings. The average Bonchev–Trinajstić information content (AvgIpc) is 2.44. The number of carbonyl (C=O) groups excluding carboxylic acids is 1. The van der Waals surface area contributed by atoms with Crippen molar-refractivity contribution in [2.75, 3.05) is 22.5 Å². The van der Waals surface area contributed by atoms with Crippen molar-refractivity contribution in [2.24, 2.45) is 0 Å². The molecule has 1 amide bonds. The van der Waals surface area contributed by atoms with Crippen LogP contribution in [0.4, 0.5) is 17.6 Å². The zero-order valence-corrected chi connectivity index (χ0v) is 14.1. The maximum Gasteiger partial charge on any atom is 0.234 e. The van der Waals surface area contributed by atoms with Crippen molar-refractivity contribution in [2.45, 2.75) is 31.3 Å². The Morgan fingerprint density at radius 1 is 1.09 bits per heavy atom. The molecule has 1 aromatic heterocycles. The molecule has 0 spiro atoms. The number of aromatic nitrogens is 3. The number of rotatable bonds is 4. The van der Waals surface area contributed by atoms with Crippen LogP contribution in [0.5, 0.6) is 0 Å². The summed E-state index contributed by atoms with van der Waals surface area (Å²) in [6, 6.07) is 7.80. The molecule has 2 aromatic rings. The smallest absolute Gasteiger partial charge is 0.234 e. The van der Waals surface area contributed by atoms with Gasteiger partial charge in [0.2, 0.25) is 17.8 Å². The van der Waals surface area contributed by atoms with Gasteiger partial charge in [-0.3, -0.25) is 4.79 Å². The van der Waals surface area contributed by atoms with Gasteiger partial charge in [0.15, 0.2) is 5.16 Å². The van der Waals surface area contributed by atoms with Crippen molar-refractivity contribution in [3.8, 4) is 0 Å². The molecule has 0 aliphatic heterocycles. The molecule has 0 saturated carbocycles. The Morgan fingerprint density at radius 3 is 2.17 bits per heavy atom. The van der Waals surface area contributed by atoms with Crippen molar-refractivity contribution >= 4 is 35.3 Å². The molecule has 122 valence electrons. The average molecular weight is 332 g/mol. The third-order valence-corrected chi connectivity index (χ3v) is 3.86. The fourth-order valence-electron chi connectivity index (χ4n) is 1.83. The zero-order chi connectivity index (χ0) is 17.0. The lowest BCUT2D eigenvalue weighted by atomic mass is 9.87. The minimum absolute atomic E-state index is 0.0400. The van der Waals surface area contributed by atoms with Gasteiger partial charge in [0.05, 0.1) is 5.75 Å². The topological polar surface area (TPSA) is 120 Å². The van der Waals surface area contributed by atoms with E-state index in [4.69, 9.17) is 11.5 Å². The Hall–Kier alpha value is -2.35. The first kappa shape index (κ1) is 17.0. The molecule has 0 aliphatic carbocycles. The van der Waals surface area contributed by atoms with E-state index in [1.165, 1.54) is 5.56 Å². The molecular weight excluding hydrogens is 312 g/mol. The molecular formula is C15H20N6OS. The fraction of sp³-hybridized carbons (Fsp3) is 0.333. The summed E-state index contributed by atoms with van der Waals surface area (Å²) in [4.78, 5) is 23.5. The molecule has 8 heteroatoms. The molecule has 7 nitrogen and oxygen atoms in total. The Kier molecular flexibility index (Phi) is 5.05. The van der Waals surface area contributed by atoms with Crippen molar-refractivity contribution in [3.05, 3.63) is 29.8 Å². The van der Waals surface area contributed by atoms with Crippen LogP contribution in [-0.2, 0) is 10.2 Å². The molecule has 5 N–H and O–H groups in total. The first-order valence-electron chi connectivity index (χ1n) is 7.04. The zero-order valence-electron chi connectivity index (χ0n) is 13.3.